The van der Waals surface area contributed by atoms with Gasteiger partial charge in [0.15, 0.2) is 0 Å². The van der Waals surface area contributed by atoms with E-state index in [0.29, 0.717) is 0 Å². The topological polar surface area (TPSA) is 12.5 Å². The number of nitrogens with zero attached hydrogens (tertiary/aromatic N) is 1. The maximum Gasteiger partial charge on any atom is 0.132 e. The smallest absolute Gasteiger partial charge is 0.132 e. The molecule has 0 saturated carbocycles. The van der Waals surface area contributed by atoms with Gasteiger partial charge in [0, 0.05) is 22.5 Å². The van der Waals surface area contributed by atoms with Gasteiger partial charge in [-0.05, 0) is 109 Å². The molecule has 2 aliphatic carbocycles. The molecule has 10 aromatic carbocycles. The molecule has 300 valence electrons. The van der Waals surface area contributed by atoms with Gasteiger partial charge in [0.1, 0.15) is 11.5 Å². The van der Waals surface area contributed by atoms with Crippen LogP contribution in [0.1, 0.15) is 44.5 Å². The number of anilines is 3. The van der Waals surface area contributed by atoms with E-state index in [2.05, 4.69) is 254 Å². The highest BCUT2D eigenvalue weighted by Crippen LogP contribution is 2.63. The van der Waals surface area contributed by atoms with E-state index in [9.17, 15) is 0 Å². The Balaban J connectivity index is 1.13. The molecule has 64 heavy (non-hydrogen) atoms. The summed E-state index contributed by atoms with van der Waals surface area (Å²) in [5.41, 5.74) is 19.1. The number of para-hydroxylation sites is 2. The van der Waals surface area contributed by atoms with E-state index in [1.54, 1.807) is 0 Å². The Morgan fingerprint density at radius 2 is 0.734 bits per heavy atom. The molecule has 3 aliphatic rings. The van der Waals surface area contributed by atoms with E-state index >= 15 is 0 Å². The van der Waals surface area contributed by atoms with E-state index in [1.807, 2.05) is 0 Å². The van der Waals surface area contributed by atoms with Gasteiger partial charge >= 0.3 is 0 Å². The fourth-order valence-corrected chi connectivity index (χ4v) is 11.5. The van der Waals surface area contributed by atoms with Crippen molar-refractivity contribution in [2.45, 2.75) is 10.8 Å². The molecule has 10 aromatic rings. The zero-order valence-electron chi connectivity index (χ0n) is 35.0. The number of ether oxygens (including phenoxy) is 1. The predicted octanol–water partition coefficient (Wildman–Crippen LogP) is 15.7. The van der Waals surface area contributed by atoms with E-state index in [0.717, 1.165) is 45.3 Å². The monoisotopic (exact) mass is 815 g/mol. The lowest BCUT2D eigenvalue weighted by Gasteiger charge is -2.41. The van der Waals surface area contributed by atoms with Crippen molar-refractivity contribution < 1.29 is 4.74 Å². The standard InChI is InChI=1S/C62H41NO/c1-3-20-42(21-4-1)43-22-19-25-45(40-43)63(58-36-17-15-34-55(58)61(44-23-5-2-6-24-44)51-30-11-7-26-47(51)48-27-8-12-31-52(48)61)46-38-39-60-57(41-46)62(56-35-16-18-37-59(56)64-60)53-32-13-9-28-49(53)50-29-10-14-33-54(50)62/h1-41H. The molecule has 13 rings (SSSR count). The first kappa shape index (κ1) is 36.5. The van der Waals surface area contributed by atoms with Crippen molar-refractivity contribution in [3.8, 4) is 44.9 Å². The quantitative estimate of drug-likeness (QED) is 0.166. The van der Waals surface area contributed by atoms with Crippen molar-refractivity contribution in [2.24, 2.45) is 0 Å². The van der Waals surface area contributed by atoms with Crippen LogP contribution in [0.5, 0.6) is 11.5 Å². The number of hydrogen-bond acceptors (Lipinski definition) is 2. The van der Waals surface area contributed by atoms with Gasteiger partial charge in [-0.15, -0.1) is 0 Å². The third kappa shape index (κ3) is 5.02. The van der Waals surface area contributed by atoms with Crippen LogP contribution >= 0.6 is 0 Å². The molecule has 0 radical (unpaired) electrons. The molecule has 0 bridgehead atoms. The minimum Gasteiger partial charge on any atom is -0.457 e. The maximum atomic E-state index is 6.96. The number of rotatable bonds is 6. The van der Waals surface area contributed by atoms with Crippen molar-refractivity contribution in [2.75, 3.05) is 4.90 Å². The van der Waals surface area contributed by atoms with E-state index in [1.165, 1.54) is 61.2 Å². The van der Waals surface area contributed by atoms with Gasteiger partial charge in [0.05, 0.1) is 16.5 Å². The normalized spacial score (nSPS) is 14.0. The molecule has 1 aliphatic heterocycles. The van der Waals surface area contributed by atoms with Gasteiger partial charge in [0.2, 0.25) is 0 Å². The Morgan fingerprint density at radius 1 is 0.281 bits per heavy atom. The third-order valence-corrected chi connectivity index (χ3v) is 14.0. The second kappa shape index (κ2) is 14.2. The summed E-state index contributed by atoms with van der Waals surface area (Å²) in [6, 6.07) is 91.3. The second-order valence-corrected chi connectivity index (χ2v) is 17.1. The summed E-state index contributed by atoms with van der Waals surface area (Å²) in [7, 11) is 0. The Hall–Kier alpha value is -8.20. The van der Waals surface area contributed by atoms with Gasteiger partial charge in [0.25, 0.3) is 0 Å². The van der Waals surface area contributed by atoms with Crippen LogP contribution in [0.15, 0.2) is 249 Å². The van der Waals surface area contributed by atoms with Crippen molar-refractivity contribution in [1.82, 2.24) is 0 Å². The fourth-order valence-electron chi connectivity index (χ4n) is 11.5. The molecule has 0 N–H and O–H groups in total. The molecule has 2 heteroatoms. The average molecular weight is 816 g/mol. The highest BCUT2D eigenvalue weighted by Gasteiger charge is 2.52. The summed E-state index contributed by atoms with van der Waals surface area (Å²) in [5.74, 6) is 1.75. The Morgan fingerprint density at radius 3 is 1.36 bits per heavy atom. The van der Waals surface area contributed by atoms with Crippen molar-refractivity contribution in [1.29, 1.82) is 0 Å². The molecule has 0 atom stereocenters. The Kier molecular flexibility index (Phi) is 8.07. The third-order valence-electron chi connectivity index (χ3n) is 14.0. The van der Waals surface area contributed by atoms with E-state index < -0.39 is 10.8 Å². The molecular formula is C62H41NO. The van der Waals surface area contributed by atoms with Gasteiger partial charge < -0.3 is 9.64 Å². The van der Waals surface area contributed by atoms with E-state index in [-0.39, 0.29) is 0 Å². The van der Waals surface area contributed by atoms with Crippen LogP contribution in [-0.4, -0.2) is 0 Å². The first-order chi connectivity index (χ1) is 31.8. The molecule has 0 saturated heterocycles. The number of hydrogen-bond donors (Lipinski definition) is 0. The molecule has 2 nitrogen and oxygen atoms in total. The molecule has 0 unspecified atom stereocenters. The molecule has 0 amide bonds. The summed E-state index contributed by atoms with van der Waals surface area (Å²) in [6.45, 7) is 0. The highest BCUT2D eigenvalue weighted by molar-refractivity contribution is 5.93. The predicted molar refractivity (Wildman–Crippen MR) is 261 cm³/mol. The van der Waals surface area contributed by atoms with Crippen molar-refractivity contribution in [3.05, 3.63) is 293 Å². The highest BCUT2D eigenvalue weighted by atomic mass is 16.5. The van der Waals surface area contributed by atoms with Crippen LogP contribution in [0.2, 0.25) is 0 Å². The summed E-state index contributed by atoms with van der Waals surface area (Å²) in [4.78, 5) is 2.50. The van der Waals surface area contributed by atoms with Gasteiger partial charge in [-0.1, -0.05) is 206 Å². The molecule has 0 aromatic heterocycles. The first-order valence-corrected chi connectivity index (χ1v) is 22.2. The van der Waals surface area contributed by atoms with Crippen LogP contribution in [-0.2, 0) is 10.8 Å². The molecular weight excluding hydrogens is 775 g/mol. The van der Waals surface area contributed by atoms with Gasteiger partial charge in [-0.3, -0.25) is 0 Å². The van der Waals surface area contributed by atoms with E-state index in [4.69, 9.17) is 4.74 Å². The average Bonchev–Trinajstić information content (AvgIpc) is 3.84. The lowest BCUT2D eigenvalue weighted by atomic mass is 9.66. The summed E-state index contributed by atoms with van der Waals surface area (Å²) in [5, 5.41) is 0. The summed E-state index contributed by atoms with van der Waals surface area (Å²) >= 11 is 0. The zero-order chi connectivity index (χ0) is 42.2. The summed E-state index contributed by atoms with van der Waals surface area (Å²) < 4.78 is 6.96. The molecule has 0 fully saturated rings. The maximum absolute atomic E-state index is 6.96. The fraction of sp³-hybridized carbons (Fsp3) is 0.0323. The van der Waals surface area contributed by atoms with Crippen LogP contribution in [0.25, 0.3) is 33.4 Å². The van der Waals surface area contributed by atoms with Crippen LogP contribution in [0.4, 0.5) is 17.1 Å². The summed E-state index contributed by atoms with van der Waals surface area (Å²) in [6.07, 6.45) is 0. The zero-order valence-corrected chi connectivity index (χ0v) is 35.0. The largest absolute Gasteiger partial charge is 0.457 e. The number of fused-ring (bicyclic) bond motifs is 12. The minimum absolute atomic E-state index is 0.612. The Labute approximate surface area is 374 Å². The lowest BCUT2D eigenvalue weighted by Crippen LogP contribution is -2.32. The van der Waals surface area contributed by atoms with Crippen LogP contribution < -0.4 is 9.64 Å². The first-order valence-electron chi connectivity index (χ1n) is 22.2. The van der Waals surface area contributed by atoms with Gasteiger partial charge in [-0.25, -0.2) is 0 Å². The minimum atomic E-state index is -0.624. The molecule has 1 heterocycles. The SMILES string of the molecule is c1ccc(-c2cccc(N(c3ccc4c(c3)C3(c5ccccc5O4)c4ccccc4-c4ccccc43)c3ccccc3C3(c4ccccc4)c4ccccc4-c4ccccc43)c2)cc1. The molecule has 1 spiro atoms. The van der Waals surface area contributed by atoms with Crippen LogP contribution in [0, 0.1) is 0 Å². The number of benzene rings is 10. The van der Waals surface area contributed by atoms with Gasteiger partial charge in [-0.2, -0.15) is 0 Å². The van der Waals surface area contributed by atoms with Crippen molar-refractivity contribution in [3.63, 3.8) is 0 Å². The lowest BCUT2D eigenvalue weighted by molar-refractivity contribution is 0.436. The van der Waals surface area contributed by atoms with Crippen LogP contribution in [0.3, 0.4) is 0 Å². The second-order valence-electron chi connectivity index (χ2n) is 17.1. The van der Waals surface area contributed by atoms with Crippen molar-refractivity contribution >= 4 is 17.1 Å². The Bertz CT molecular complexity index is 3350.